The summed E-state index contributed by atoms with van der Waals surface area (Å²) in [5, 5.41) is 14.6. The molecular formula is C14H16N3O3. The Morgan fingerprint density at radius 2 is 2.05 bits per heavy atom. The smallest absolute Gasteiger partial charge is 0.269 e. The summed E-state index contributed by atoms with van der Waals surface area (Å²) < 4.78 is 5.27. The summed E-state index contributed by atoms with van der Waals surface area (Å²) in [5.74, 6) is 0.743. The molecule has 0 aliphatic heterocycles. The van der Waals surface area contributed by atoms with E-state index in [1.54, 1.807) is 12.1 Å². The third-order valence-corrected chi connectivity index (χ3v) is 3.10. The third kappa shape index (κ3) is 3.21. The van der Waals surface area contributed by atoms with E-state index in [1.165, 1.54) is 12.1 Å². The van der Waals surface area contributed by atoms with Gasteiger partial charge < -0.3 is 9.42 Å². The molecule has 1 atom stereocenters. The Bertz CT molecular complexity index is 590. The van der Waals surface area contributed by atoms with Crippen LogP contribution >= 0.6 is 0 Å². The largest absolute Gasteiger partial charge is 0.361 e. The highest BCUT2D eigenvalue weighted by atomic mass is 16.6. The van der Waals surface area contributed by atoms with Gasteiger partial charge in [0.1, 0.15) is 11.5 Å². The lowest BCUT2D eigenvalue weighted by Crippen LogP contribution is -2.26. The van der Waals surface area contributed by atoms with Crippen molar-refractivity contribution in [2.75, 3.05) is 14.1 Å². The van der Waals surface area contributed by atoms with Crippen LogP contribution < -0.4 is 0 Å². The molecule has 6 heteroatoms. The Labute approximate surface area is 117 Å². The maximum absolute atomic E-state index is 10.6. The summed E-state index contributed by atoms with van der Waals surface area (Å²) in [6, 6.07) is 8.16. The summed E-state index contributed by atoms with van der Waals surface area (Å²) in [7, 11) is 3.90. The van der Waals surface area contributed by atoms with Gasteiger partial charge in [0.25, 0.3) is 5.69 Å². The summed E-state index contributed by atoms with van der Waals surface area (Å²) >= 11 is 0. The standard InChI is InChI=1S/C14H16N3O3/c1-10(16(2)3)8-13-9-14(15-20-13)11-4-6-12(7-5-11)17(18)19/h4-7,9-10H,1,8H2,2-3H3. The number of rotatable bonds is 5. The Hall–Kier alpha value is -2.21. The fraction of sp³-hybridized carbons (Fsp3) is 0.286. The third-order valence-electron chi connectivity index (χ3n) is 3.10. The van der Waals surface area contributed by atoms with E-state index in [4.69, 9.17) is 4.52 Å². The number of nitro benzene ring substituents is 1. The van der Waals surface area contributed by atoms with E-state index in [-0.39, 0.29) is 11.7 Å². The van der Waals surface area contributed by atoms with Crippen molar-refractivity contribution in [3.8, 4) is 11.3 Å². The summed E-state index contributed by atoms with van der Waals surface area (Å²) in [6.07, 6.45) is 0.660. The number of non-ortho nitro benzene ring substituents is 1. The fourth-order valence-electron chi connectivity index (χ4n) is 1.71. The molecule has 0 aliphatic rings. The van der Waals surface area contributed by atoms with E-state index in [1.807, 2.05) is 25.1 Å². The van der Waals surface area contributed by atoms with Gasteiger partial charge in [0, 0.05) is 36.2 Å². The first-order valence-electron chi connectivity index (χ1n) is 6.17. The number of nitro groups is 1. The Morgan fingerprint density at radius 1 is 1.40 bits per heavy atom. The highest BCUT2D eigenvalue weighted by molar-refractivity contribution is 5.60. The number of hydrogen-bond donors (Lipinski definition) is 0. The van der Waals surface area contributed by atoms with Crippen molar-refractivity contribution in [2.45, 2.75) is 12.5 Å². The monoisotopic (exact) mass is 274 g/mol. The molecule has 1 unspecified atom stereocenters. The van der Waals surface area contributed by atoms with Crippen LogP contribution in [-0.4, -0.2) is 35.1 Å². The molecule has 105 valence electrons. The Morgan fingerprint density at radius 3 is 2.60 bits per heavy atom. The van der Waals surface area contributed by atoms with Crippen LogP contribution in [0.4, 0.5) is 5.69 Å². The normalized spacial score (nSPS) is 12.6. The number of nitrogens with zero attached hydrogens (tertiary/aromatic N) is 3. The van der Waals surface area contributed by atoms with Gasteiger partial charge in [0.15, 0.2) is 0 Å². The second kappa shape index (κ2) is 5.83. The van der Waals surface area contributed by atoms with Crippen molar-refractivity contribution in [2.24, 2.45) is 0 Å². The Kier molecular flexibility index (Phi) is 4.14. The molecule has 0 saturated carbocycles. The Balaban J connectivity index is 2.14. The first-order chi connectivity index (χ1) is 9.47. The van der Waals surface area contributed by atoms with Gasteiger partial charge in [-0.05, 0) is 33.2 Å². The zero-order valence-electron chi connectivity index (χ0n) is 11.4. The lowest BCUT2D eigenvalue weighted by Gasteiger charge is -2.17. The molecule has 2 rings (SSSR count). The highest BCUT2D eigenvalue weighted by Crippen LogP contribution is 2.22. The average molecular weight is 274 g/mol. The highest BCUT2D eigenvalue weighted by Gasteiger charge is 2.12. The molecule has 0 spiro atoms. The van der Waals surface area contributed by atoms with Gasteiger partial charge in [0.05, 0.1) is 4.92 Å². The molecule has 0 bridgehead atoms. The molecule has 0 N–H and O–H groups in total. The molecule has 0 fully saturated rings. The van der Waals surface area contributed by atoms with Gasteiger partial charge in [-0.15, -0.1) is 0 Å². The van der Waals surface area contributed by atoms with Gasteiger partial charge in [0.2, 0.25) is 0 Å². The molecule has 1 aromatic carbocycles. The molecule has 0 aliphatic carbocycles. The molecule has 0 amide bonds. The summed E-state index contributed by atoms with van der Waals surface area (Å²) in [5.41, 5.74) is 1.51. The van der Waals surface area contributed by atoms with Crippen LogP contribution in [-0.2, 0) is 6.42 Å². The first kappa shape index (κ1) is 14.2. The first-order valence-corrected chi connectivity index (χ1v) is 6.17. The van der Waals surface area contributed by atoms with Crippen molar-refractivity contribution in [3.63, 3.8) is 0 Å². The maximum Gasteiger partial charge on any atom is 0.269 e. The molecular weight excluding hydrogens is 258 g/mol. The van der Waals surface area contributed by atoms with Crippen LogP contribution in [0.5, 0.6) is 0 Å². The zero-order chi connectivity index (χ0) is 14.7. The maximum atomic E-state index is 10.6. The van der Waals surface area contributed by atoms with E-state index in [0.717, 1.165) is 11.3 Å². The van der Waals surface area contributed by atoms with Crippen molar-refractivity contribution in [1.29, 1.82) is 0 Å². The van der Waals surface area contributed by atoms with Gasteiger partial charge >= 0.3 is 0 Å². The number of aromatic nitrogens is 1. The average Bonchev–Trinajstić information content (AvgIpc) is 2.87. The lowest BCUT2D eigenvalue weighted by molar-refractivity contribution is -0.384. The molecule has 2 aromatic rings. The molecule has 1 radical (unpaired) electrons. The van der Waals surface area contributed by atoms with Crippen molar-refractivity contribution < 1.29 is 9.45 Å². The molecule has 0 saturated heterocycles. The van der Waals surface area contributed by atoms with E-state index in [0.29, 0.717) is 12.1 Å². The predicted molar refractivity (Wildman–Crippen MR) is 75.1 cm³/mol. The van der Waals surface area contributed by atoms with Crippen molar-refractivity contribution in [3.05, 3.63) is 53.1 Å². The van der Waals surface area contributed by atoms with Gasteiger partial charge in [-0.25, -0.2) is 0 Å². The lowest BCUT2D eigenvalue weighted by atomic mass is 10.1. The molecule has 1 heterocycles. The minimum absolute atomic E-state index is 0.0582. The molecule has 20 heavy (non-hydrogen) atoms. The van der Waals surface area contributed by atoms with Crippen LogP contribution in [0.15, 0.2) is 34.9 Å². The minimum Gasteiger partial charge on any atom is -0.361 e. The van der Waals surface area contributed by atoms with Crippen molar-refractivity contribution in [1.82, 2.24) is 10.1 Å². The van der Waals surface area contributed by atoms with Crippen LogP contribution in [0, 0.1) is 17.0 Å². The topological polar surface area (TPSA) is 72.4 Å². The summed E-state index contributed by atoms with van der Waals surface area (Å²) in [6.45, 7) is 4.01. The predicted octanol–water partition coefficient (Wildman–Crippen LogP) is 2.56. The number of likely N-dealkylation sites (N-methyl/N-ethyl adjacent to an activating group) is 1. The van der Waals surface area contributed by atoms with Gasteiger partial charge in [-0.2, -0.15) is 0 Å². The summed E-state index contributed by atoms with van der Waals surface area (Å²) in [4.78, 5) is 12.2. The number of benzene rings is 1. The quantitative estimate of drug-likeness (QED) is 0.619. The molecule has 6 nitrogen and oxygen atoms in total. The van der Waals surface area contributed by atoms with Crippen LogP contribution in [0.3, 0.4) is 0 Å². The van der Waals surface area contributed by atoms with E-state index >= 15 is 0 Å². The van der Waals surface area contributed by atoms with Crippen LogP contribution in [0.25, 0.3) is 11.3 Å². The second-order valence-corrected chi connectivity index (χ2v) is 4.80. The molecule has 1 aromatic heterocycles. The number of hydrogen-bond acceptors (Lipinski definition) is 5. The second-order valence-electron chi connectivity index (χ2n) is 4.80. The minimum atomic E-state index is -0.428. The SMILES string of the molecule is [CH2]C(Cc1cc(-c2ccc([N+](=O)[O-])cc2)no1)N(C)C. The van der Waals surface area contributed by atoms with Crippen molar-refractivity contribution >= 4 is 5.69 Å². The van der Waals surface area contributed by atoms with E-state index in [2.05, 4.69) is 12.1 Å². The van der Waals surface area contributed by atoms with Gasteiger partial charge in [-0.1, -0.05) is 5.16 Å². The van der Waals surface area contributed by atoms with Gasteiger partial charge in [-0.3, -0.25) is 10.1 Å². The van der Waals surface area contributed by atoms with Crippen LogP contribution in [0.1, 0.15) is 5.76 Å². The zero-order valence-corrected chi connectivity index (χ0v) is 11.4. The fourth-order valence-corrected chi connectivity index (χ4v) is 1.71. The van der Waals surface area contributed by atoms with Crippen LogP contribution in [0.2, 0.25) is 0 Å². The van der Waals surface area contributed by atoms with E-state index in [9.17, 15) is 10.1 Å². The van der Waals surface area contributed by atoms with E-state index < -0.39 is 4.92 Å².